The fourth-order valence-electron chi connectivity index (χ4n) is 3.29. The highest BCUT2D eigenvalue weighted by Gasteiger charge is 2.24. The molecule has 8 heteroatoms. The summed E-state index contributed by atoms with van der Waals surface area (Å²) in [5.74, 6) is -1.31. The Morgan fingerprint density at radius 1 is 0.265 bits per heavy atom. The van der Waals surface area contributed by atoms with Crippen LogP contribution in [0.1, 0.15) is 93.9 Å². The Morgan fingerprint density at radius 3 is 0.706 bits per heavy atom. The van der Waals surface area contributed by atoms with Gasteiger partial charge in [0.15, 0.2) is 23.1 Å². The molecule has 204 valence electrons. The molecule has 4 rings (SSSR count). The van der Waals surface area contributed by atoms with Gasteiger partial charge in [-0.1, -0.05) is 0 Å². The van der Waals surface area contributed by atoms with Gasteiger partial charge in [-0.25, -0.2) is 0 Å². The molecule has 0 spiro atoms. The van der Waals surface area contributed by atoms with Crippen molar-refractivity contribution >= 4 is 0 Å². The van der Waals surface area contributed by atoms with Crippen LogP contribution in [-0.2, 0) is 37.9 Å². The number of hydrogen-bond acceptors (Lipinski definition) is 8. The van der Waals surface area contributed by atoms with E-state index in [2.05, 4.69) is 0 Å². The van der Waals surface area contributed by atoms with Crippen LogP contribution in [0.25, 0.3) is 0 Å². The van der Waals surface area contributed by atoms with Crippen LogP contribution in [0.2, 0.25) is 0 Å². The minimum Gasteiger partial charge on any atom is -0.351 e. The second kappa shape index (κ2) is 15.7. The van der Waals surface area contributed by atoms with E-state index < -0.39 is 0 Å². The van der Waals surface area contributed by atoms with Gasteiger partial charge in [0.2, 0.25) is 0 Å². The summed E-state index contributed by atoms with van der Waals surface area (Å²) >= 11 is 0. The molecule has 4 saturated heterocycles. The van der Waals surface area contributed by atoms with Crippen molar-refractivity contribution in [3.63, 3.8) is 0 Å². The number of hydrogen-bond donors (Lipinski definition) is 0. The lowest BCUT2D eigenvalue weighted by Gasteiger charge is -2.29. The Kier molecular flexibility index (Phi) is 14.7. The number of ether oxygens (including phenoxy) is 8. The fraction of sp³-hybridized carbons (Fsp3) is 1.00. The van der Waals surface area contributed by atoms with Gasteiger partial charge in [0, 0.05) is 13.2 Å². The molecule has 8 nitrogen and oxygen atoms in total. The lowest BCUT2D eigenvalue weighted by atomic mass is 10.2. The third-order valence-corrected chi connectivity index (χ3v) is 5.30. The molecule has 0 amide bonds. The first kappa shape index (κ1) is 31.7. The van der Waals surface area contributed by atoms with Crippen LogP contribution < -0.4 is 0 Å². The van der Waals surface area contributed by atoms with Crippen molar-refractivity contribution in [2.24, 2.45) is 0 Å². The summed E-state index contributed by atoms with van der Waals surface area (Å²) in [5, 5.41) is 0. The lowest BCUT2D eigenvalue weighted by Crippen LogP contribution is -2.33. The third-order valence-electron chi connectivity index (χ3n) is 5.30. The van der Waals surface area contributed by atoms with Gasteiger partial charge in [-0.3, -0.25) is 0 Å². The van der Waals surface area contributed by atoms with E-state index in [1.165, 1.54) is 19.3 Å². The van der Waals surface area contributed by atoms with E-state index >= 15 is 0 Å². The first-order valence-corrected chi connectivity index (χ1v) is 12.9. The van der Waals surface area contributed by atoms with Crippen molar-refractivity contribution in [2.45, 2.75) is 117 Å². The highest BCUT2D eigenvalue weighted by molar-refractivity contribution is 4.59. The summed E-state index contributed by atoms with van der Waals surface area (Å²) < 4.78 is 42.4. The summed E-state index contributed by atoms with van der Waals surface area (Å²) in [7, 11) is 0. The third kappa shape index (κ3) is 17.2. The topological polar surface area (TPSA) is 73.8 Å². The van der Waals surface area contributed by atoms with Crippen LogP contribution in [-0.4, -0.2) is 76.0 Å². The van der Waals surface area contributed by atoms with E-state index in [1.54, 1.807) is 0 Å². The van der Waals surface area contributed by atoms with Crippen molar-refractivity contribution in [2.75, 3.05) is 52.9 Å². The summed E-state index contributed by atoms with van der Waals surface area (Å²) in [6.07, 6.45) is 6.87. The van der Waals surface area contributed by atoms with Crippen molar-refractivity contribution in [1.82, 2.24) is 0 Å². The predicted molar refractivity (Wildman–Crippen MR) is 132 cm³/mol. The Balaban J connectivity index is 0.000000228. The maximum atomic E-state index is 5.45. The maximum absolute atomic E-state index is 5.45. The minimum atomic E-state index is -0.347. The first-order chi connectivity index (χ1) is 15.8. The van der Waals surface area contributed by atoms with Crippen LogP contribution in [0.4, 0.5) is 0 Å². The molecule has 4 aliphatic heterocycles. The average molecular weight is 493 g/mol. The van der Waals surface area contributed by atoms with E-state index in [-0.39, 0.29) is 23.1 Å². The van der Waals surface area contributed by atoms with Gasteiger partial charge in [-0.2, -0.15) is 0 Å². The Bertz CT molecular complexity index is 483. The zero-order valence-corrected chi connectivity index (χ0v) is 23.2. The van der Waals surface area contributed by atoms with Crippen LogP contribution in [0, 0.1) is 0 Å². The zero-order chi connectivity index (χ0) is 25.6. The van der Waals surface area contributed by atoms with Crippen LogP contribution in [0.5, 0.6) is 0 Å². The molecule has 0 bridgehead atoms. The van der Waals surface area contributed by atoms with E-state index in [0.717, 1.165) is 72.1 Å². The van der Waals surface area contributed by atoms with Crippen molar-refractivity contribution < 1.29 is 37.9 Å². The van der Waals surface area contributed by atoms with Crippen LogP contribution >= 0.6 is 0 Å². The molecule has 0 atom stereocenters. The normalized spacial score (nSPS) is 27.5. The Labute approximate surface area is 208 Å². The Morgan fingerprint density at radius 2 is 0.471 bits per heavy atom. The van der Waals surface area contributed by atoms with E-state index in [0.29, 0.717) is 0 Å². The molecule has 4 aliphatic rings. The largest absolute Gasteiger partial charge is 0.351 e. The Hall–Kier alpha value is -0.320. The minimum absolute atomic E-state index is 0.306. The summed E-state index contributed by atoms with van der Waals surface area (Å²) in [5.41, 5.74) is 0. The molecular formula is C26H52O8. The smallest absolute Gasteiger partial charge is 0.162 e. The van der Waals surface area contributed by atoms with Gasteiger partial charge in [0.25, 0.3) is 0 Å². The lowest BCUT2D eigenvalue weighted by molar-refractivity contribution is -0.244. The SMILES string of the molecule is CC1(C)OCCCCCO1.CC1(C)OCCCCO1.CC1(C)OCCCO1.CC1(C)OCCO1. The van der Waals surface area contributed by atoms with Gasteiger partial charge in [0.05, 0.1) is 39.6 Å². The standard InChI is InChI=1S/C8H16O2.C7H14O2.C6H12O2.C5H10O2/c1-8(2)9-6-4-3-5-7-10-8;1-7(2)8-5-3-4-6-9-7;1-6(2)7-4-3-5-8-6;1-5(2)6-3-4-7-5/h3-7H2,1-2H3;3-6H2,1-2H3;3-5H2,1-2H3;3-4H2,1-2H3. The van der Waals surface area contributed by atoms with E-state index in [4.69, 9.17) is 37.9 Å². The molecule has 4 heterocycles. The second-order valence-corrected chi connectivity index (χ2v) is 10.5. The van der Waals surface area contributed by atoms with Gasteiger partial charge in [0.1, 0.15) is 0 Å². The highest BCUT2D eigenvalue weighted by Crippen LogP contribution is 2.18. The molecule has 0 unspecified atom stereocenters. The molecule has 0 aromatic rings. The molecule has 0 aliphatic carbocycles. The van der Waals surface area contributed by atoms with Gasteiger partial charge in [-0.05, 0) is 93.9 Å². The molecule has 0 radical (unpaired) electrons. The predicted octanol–water partition coefficient (Wildman–Crippen LogP) is 5.42. The number of rotatable bonds is 0. The second-order valence-electron chi connectivity index (χ2n) is 10.5. The molecule has 0 aromatic carbocycles. The van der Waals surface area contributed by atoms with E-state index in [9.17, 15) is 0 Å². The fourth-order valence-corrected chi connectivity index (χ4v) is 3.29. The van der Waals surface area contributed by atoms with Crippen molar-refractivity contribution in [1.29, 1.82) is 0 Å². The molecule has 4 fully saturated rings. The van der Waals surface area contributed by atoms with Crippen LogP contribution in [0.15, 0.2) is 0 Å². The molecular weight excluding hydrogens is 440 g/mol. The first-order valence-electron chi connectivity index (χ1n) is 12.9. The average Bonchev–Trinajstić information content (AvgIpc) is 3.02. The van der Waals surface area contributed by atoms with Gasteiger partial charge < -0.3 is 37.9 Å². The molecule has 0 saturated carbocycles. The monoisotopic (exact) mass is 492 g/mol. The highest BCUT2D eigenvalue weighted by atomic mass is 16.7. The van der Waals surface area contributed by atoms with Crippen molar-refractivity contribution in [3.05, 3.63) is 0 Å². The molecule has 0 aromatic heterocycles. The molecule has 34 heavy (non-hydrogen) atoms. The van der Waals surface area contributed by atoms with Gasteiger partial charge >= 0.3 is 0 Å². The van der Waals surface area contributed by atoms with Gasteiger partial charge in [-0.15, -0.1) is 0 Å². The van der Waals surface area contributed by atoms with Crippen LogP contribution in [0.3, 0.4) is 0 Å². The van der Waals surface area contributed by atoms with Crippen molar-refractivity contribution in [3.8, 4) is 0 Å². The van der Waals surface area contributed by atoms with E-state index in [1.807, 2.05) is 55.4 Å². The summed E-state index contributed by atoms with van der Waals surface area (Å²) in [6, 6.07) is 0. The summed E-state index contributed by atoms with van der Waals surface area (Å²) in [4.78, 5) is 0. The zero-order valence-electron chi connectivity index (χ0n) is 23.2. The quantitative estimate of drug-likeness (QED) is 0.444. The summed E-state index contributed by atoms with van der Waals surface area (Å²) in [6.45, 7) is 22.1. The molecule has 0 N–H and O–H groups in total. The maximum Gasteiger partial charge on any atom is 0.162 e.